The lowest BCUT2D eigenvalue weighted by molar-refractivity contribution is -0.143. The van der Waals surface area contributed by atoms with Gasteiger partial charge in [0.15, 0.2) is 0 Å². The lowest BCUT2D eigenvalue weighted by Crippen LogP contribution is -2.50. The molecule has 0 saturated heterocycles. The number of carbonyl (C=O) groups excluding carboxylic acids is 1. The number of carboxylic acid groups (broad SMARTS) is 1. The molecule has 2 heterocycles. The van der Waals surface area contributed by atoms with Crippen molar-refractivity contribution in [2.24, 2.45) is 18.9 Å². The second kappa shape index (κ2) is 13.7. The molecule has 1 aromatic heterocycles. The summed E-state index contributed by atoms with van der Waals surface area (Å²) in [5.74, 6) is -2.23. The molecular weight excluding hydrogens is 687 g/mol. The van der Waals surface area contributed by atoms with Gasteiger partial charge in [-0.25, -0.2) is 0 Å². The summed E-state index contributed by atoms with van der Waals surface area (Å²) in [6.45, 7) is 1.06. The number of aromatic nitrogens is 4. The maximum absolute atomic E-state index is 14.1. The van der Waals surface area contributed by atoms with E-state index in [0.717, 1.165) is 23.0 Å². The molecule has 3 aromatic rings. The number of carbonyl (C=O) groups is 2. The van der Waals surface area contributed by atoms with Crippen LogP contribution in [-0.4, -0.2) is 43.2 Å². The number of aliphatic carboxylic acids is 1. The number of halogens is 9. The van der Waals surface area contributed by atoms with E-state index in [0.29, 0.717) is 44.2 Å². The maximum Gasteiger partial charge on any atom is 0.416 e. The Morgan fingerprint density at radius 1 is 0.880 bits per heavy atom. The first-order valence-electron chi connectivity index (χ1n) is 15.8. The Kier molecular flexibility index (Phi) is 10.1. The van der Waals surface area contributed by atoms with Gasteiger partial charge in [-0.3, -0.25) is 9.59 Å². The van der Waals surface area contributed by atoms with E-state index in [1.165, 1.54) is 16.8 Å². The van der Waals surface area contributed by atoms with Crippen LogP contribution in [0.2, 0.25) is 0 Å². The van der Waals surface area contributed by atoms with Crippen molar-refractivity contribution in [1.82, 2.24) is 20.2 Å². The van der Waals surface area contributed by atoms with Crippen LogP contribution in [-0.2, 0) is 41.7 Å². The highest BCUT2D eigenvalue weighted by atomic mass is 19.4. The number of hydrogen-bond acceptors (Lipinski definition) is 6. The normalized spacial score (nSPS) is 21.5. The summed E-state index contributed by atoms with van der Waals surface area (Å²) in [5, 5.41) is 20.9. The summed E-state index contributed by atoms with van der Waals surface area (Å²) < 4.78 is 125. The van der Waals surface area contributed by atoms with Crippen molar-refractivity contribution >= 4 is 23.5 Å². The van der Waals surface area contributed by atoms with Crippen molar-refractivity contribution in [2.45, 2.75) is 89.0 Å². The molecule has 2 aliphatic rings. The third-order valence-corrected chi connectivity index (χ3v) is 9.33. The Morgan fingerprint density at radius 2 is 1.48 bits per heavy atom. The Balaban J connectivity index is 1.61. The van der Waals surface area contributed by atoms with Gasteiger partial charge in [0.05, 0.1) is 29.8 Å². The highest BCUT2D eigenvalue weighted by molar-refractivity contribution is 5.97. The van der Waals surface area contributed by atoms with Gasteiger partial charge in [-0.2, -0.15) is 44.3 Å². The predicted octanol–water partition coefficient (Wildman–Crippen LogP) is 7.81. The second-order valence-electron chi connectivity index (χ2n) is 12.7. The third kappa shape index (κ3) is 7.98. The van der Waals surface area contributed by atoms with Gasteiger partial charge in [-0.05, 0) is 97.2 Å². The van der Waals surface area contributed by atoms with Gasteiger partial charge in [-0.1, -0.05) is 12.0 Å². The molecule has 0 bridgehead atoms. The SMILES string of the molecule is CC[C@@H]1C[C@H](N(Cc2cc(C(F)(F)F)cc(C(F)(F)F)c2)c2nnn(C)n2)c2cc(C(F)(F)F)ccc2N1C(=O)C1CCC(CC(=O)O)CC1. The number of hydrogen-bond donors (Lipinski definition) is 1. The van der Waals surface area contributed by atoms with Crippen LogP contribution in [0.4, 0.5) is 51.1 Å². The topological polar surface area (TPSA) is 104 Å². The van der Waals surface area contributed by atoms with Crippen molar-refractivity contribution in [3.63, 3.8) is 0 Å². The van der Waals surface area contributed by atoms with E-state index in [9.17, 15) is 54.2 Å². The fourth-order valence-corrected chi connectivity index (χ4v) is 6.92. The quantitative estimate of drug-likeness (QED) is 0.237. The van der Waals surface area contributed by atoms with E-state index in [1.54, 1.807) is 6.92 Å². The standard InChI is InChI=1S/C32H33F9N6O3/c1-3-23-15-26(46(29-42-44-45(2)43-29)16-18-10-21(31(36,37)38)13-22(11-18)32(39,40)41)24-14-20(30(33,34)35)8-9-25(24)47(23)28(50)19-6-4-17(5-7-19)12-27(48)49/h8-11,13-14,17,19,23,26H,3-7,12,15-16H2,1-2H3,(H,48,49)/t17?,19?,23-,26+/m1/s1. The van der Waals surface area contributed by atoms with Crippen molar-refractivity contribution in [1.29, 1.82) is 0 Å². The molecular formula is C32H33F9N6O3. The molecule has 0 unspecified atom stereocenters. The molecule has 0 spiro atoms. The zero-order valence-corrected chi connectivity index (χ0v) is 26.8. The molecule has 272 valence electrons. The molecule has 1 saturated carbocycles. The molecule has 0 radical (unpaired) electrons. The number of carboxylic acids is 1. The minimum absolute atomic E-state index is 0.0221. The van der Waals surface area contributed by atoms with Crippen LogP contribution < -0.4 is 9.80 Å². The van der Waals surface area contributed by atoms with Gasteiger partial charge in [0.25, 0.3) is 5.95 Å². The molecule has 18 heteroatoms. The first-order valence-corrected chi connectivity index (χ1v) is 15.8. The van der Waals surface area contributed by atoms with Gasteiger partial charge >= 0.3 is 24.5 Å². The van der Waals surface area contributed by atoms with E-state index < -0.39 is 71.3 Å². The molecule has 1 aliphatic carbocycles. The van der Waals surface area contributed by atoms with Crippen molar-refractivity contribution < 1.29 is 54.2 Å². The summed E-state index contributed by atoms with van der Waals surface area (Å²) in [6, 6.07) is 2.02. The summed E-state index contributed by atoms with van der Waals surface area (Å²) in [4.78, 5) is 29.0. The molecule has 1 N–H and O–H groups in total. The van der Waals surface area contributed by atoms with E-state index in [2.05, 4.69) is 15.4 Å². The first kappa shape index (κ1) is 36.9. The third-order valence-electron chi connectivity index (χ3n) is 9.33. The predicted molar refractivity (Wildman–Crippen MR) is 159 cm³/mol. The van der Waals surface area contributed by atoms with Crippen LogP contribution >= 0.6 is 0 Å². The second-order valence-corrected chi connectivity index (χ2v) is 12.7. The fraction of sp³-hybridized carbons (Fsp3) is 0.531. The van der Waals surface area contributed by atoms with Gasteiger partial charge in [0.2, 0.25) is 5.91 Å². The number of amides is 1. The maximum atomic E-state index is 14.1. The van der Waals surface area contributed by atoms with Crippen molar-refractivity contribution in [3.8, 4) is 0 Å². The average molecular weight is 721 g/mol. The highest BCUT2D eigenvalue weighted by Crippen LogP contribution is 2.47. The minimum Gasteiger partial charge on any atom is -0.481 e. The minimum atomic E-state index is -5.15. The Bertz CT molecular complexity index is 1680. The summed E-state index contributed by atoms with van der Waals surface area (Å²) >= 11 is 0. The van der Waals surface area contributed by atoms with Gasteiger partial charge < -0.3 is 14.9 Å². The van der Waals surface area contributed by atoms with E-state index in [4.69, 9.17) is 0 Å². The van der Waals surface area contributed by atoms with Gasteiger partial charge in [0, 0.05) is 30.6 Å². The molecule has 50 heavy (non-hydrogen) atoms. The number of aryl methyl sites for hydroxylation is 1. The number of tetrazole rings is 1. The molecule has 1 amide bonds. The number of anilines is 2. The number of nitrogens with zero attached hydrogens (tertiary/aromatic N) is 6. The van der Waals surface area contributed by atoms with E-state index in [1.807, 2.05) is 0 Å². The van der Waals surface area contributed by atoms with Crippen LogP contribution in [0, 0.1) is 11.8 Å². The van der Waals surface area contributed by atoms with Gasteiger partial charge in [0.1, 0.15) is 0 Å². The number of alkyl halides is 9. The Labute approximate surface area is 280 Å². The lowest BCUT2D eigenvalue weighted by atomic mass is 9.79. The van der Waals surface area contributed by atoms with Crippen LogP contribution in [0.1, 0.15) is 85.7 Å². The van der Waals surface area contributed by atoms with Crippen LogP contribution in [0.15, 0.2) is 36.4 Å². The monoisotopic (exact) mass is 720 g/mol. The fourth-order valence-electron chi connectivity index (χ4n) is 6.92. The largest absolute Gasteiger partial charge is 0.481 e. The zero-order valence-electron chi connectivity index (χ0n) is 26.8. The van der Waals surface area contributed by atoms with Crippen LogP contribution in [0.3, 0.4) is 0 Å². The zero-order chi connectivity index (χ0) is 36.8. The number of benzene rings is 2. The molecule has 2 atom stereocenters. The smallest absolute Gasteiger partial charge is 0.416 e. The van der Waals surface area contributed by atoms with E-state index >= 15 is 0 Å². The molecule has 9 nitrogen and oxygen atoms in total. The Hall–Kier alpha value is -4.38. The van der Waals surface area contributed by atoms with E-state index in [-0.39, 0.29) is 47.9 Å². The van der Waals surface area contributed by atoms with Crippen molar-refractivity contribution in [2.75, 3.05) is 9.80 Å². The average Bonchev–Trinajstić information content (AvgIpc) is 3.46. The molecule has 1 fully saturated rings. The summed E-state index contributed by atoms with van der Waals surface area (Å²) in [6.07, 6.45) is -13.3. The Morgan fingerprint density at radius 3 is 1.98 bits per heavy atom. The van der Waals surface area contributed by atoms with Gasteiger partial charge in [-0.15, -0.1) is 5.10 Å². The summed E-state index contributed by atoms with van der Waals surface area (Å²) in [5.41, 5.74) is -4.63. The van der Waals surface area contributed by atoms with Crippen LogP contribution in [0.5, 0.6) is 0 Å². The summed E-state index contributed by atoms with van der Waals surface area (Å²) in [7, 11) is 1.36. The number of fused-ring (bicyclic) bond motifs is 1. The lowest BCUT2D eigenvalue weighted by Gasteiger charge is -2.46. The van der Waals surface area contributed by atoms with Crippen molar-refractivity contribution in [3.05, 3.63) is 64.2 Å². The molecule has 1 aliphatic heterocycles. The highest BCUT2D eigenvalue weighted by Gasteiger charge is 2.44. The first-order chi connectivity index (χ1) is 23.3. The molecule has 5 rings (SSSR count). The number of rotatable bonds is 8. The van der Waals surface area contributed by atoms with Crippen LogP contribution in [0.25, 0.3) is 0 Å². The molecule has 2 aromatic carbocycles.